The van der Waals surface area contributed by atoms with Gasteiger partial charge in [0, 0.05) is 21.7 Å². The smallest absolute Gasteiger partial charge is 0.310 e. The van der Waals surface area contributed by atoms with Crippen molar-refractivity contribution in [1.29, 1.82) is 0 Å². The van der Waals surface area contributed by atoms with Crippen LogP contribution in [0.2, 0.25) is 5.02 Å². The van der Waals surface area contributed by atoms with Crippen LogP contribution >= 0.6 is 11.6 Å². The van der Waals surface area contributed by atoms with Crippen LogP contribution in [0.4, 0.5) is 0 Å². The molecule has 5 nitrogen and oxygen atoms in total. The number of hydrogen-bond acceptors (Lipinski definition) is 4. The van der Waals surface area contributed by atoms with E-state index in [2.05, 4.69) is 0 Å². The molecule has 0 aliphatic heterocycles. The van der Waals surface area contributed by atoms with Crippen LogP contribution in [-0.2, 0) is 16.0 Å². The van der Waals surface area contributed by atoms with Crippen LogP contribution in [-0.4, -0.2) is 27.7 Å². The predicted molar refractivity (Wildman–Crippen MR) is 109 cm³/mol. The Bertz CT molecular complexity index is 1050. The first-order valence-electron chi connectivity index (χ1n) is 9.14. The highest BCUT2D eigenvalue weighted by Crippen LogP contribution is 2.30. The van der Waals surface area contributed by atoms with E-state index >= 15 is 0 Å². The second-order valence-electron chi connectivity index (χ2n) is 6.80. The fourth-order valence-corrected chi connectivity index (χ4v) is 3.39. The summed E-state index contributed by atoms with van der Waals surface area (Å²) in [6.45, 7) is 5.56. The number of rotatable bonds is 5. The topological polar surface area (TPSA) is 68.5 Å². The number of phenolic OH excluding ortho intramolecular Hbond substituents is 1. The molecule has 1 heterocycles. The third-order valence-electron chi connectivity index (χ3n) is 4.82. The van der Waals surface area contributed by atoms with Gasteiger partial charge in [0.1, 0.15) is 5.75 Å². The first kappa shape index (κ1) is 20.0. The Hall–Kier alpha value is -2.79. The molecule has 3 aromatic rings. The summed E-state index contributed by atoms with van der Waals surface area (Å²) >= 11 is 6.04. The summed E-state index contributed by atoms with van der Waals surface area (Å²) in [5.41, 5.74) is 2.35. The highest BCUT2D eigenvalue weighted by molar-refractivity contribution is 6.31. The van der Waals surface area contributed by atoms with Gasteiger partial charge in [0.25, 0.3) is 5.91 Å². The molecule has 0 spiro atoms. The summed E-state index contributed by atoms with van der Waals surface area (Å²) in [6.07, 6.45) is 0.564. The van der Waals surface area contributed by atoms with E-state index in [1.807, 2.05) is 13.8 Å². The van der Waals surface area contributed by atoms with Gasteiger partial charge in [0.2, 0.25) is 0 Å². The molecule has 0 amide bonds. The lowest BCUT2D eigenvalue weighted by Crippen LogP contribution is -2.17. The minimum atomic E-state index is -0.366. The van der Waals surface area contributed by atoms with Gasteiger partial charge in [-0.25, -0.2) is 0 Å². The van der Waals surface area contributed by atoms with Gasteiger partial charge in [-0.3, -0.25) is 14.2 Å². The van der Waals surface area contributed by atoms with Crippen molar-refractivity contribution in [2.75, 3.05) is 0 Å². The van der Waals surface area contributed by atoms with Crippen molar-refractivity contribution < 1.29 is 19.4 Å². The van der Waals surface area contributed by atoms with Gasteiger partial charge >= 0.3 is 5.97 Å². The van der Waals surface area contributed by atoms with E-state index in [9.17, 15) is 14.7 Å². The van der Waals surface area contributed by atoms with E-state index in [1.165, 1.54) is 6.07 Å². The average molecular weight is 400 g/mol. The van der Waals surface area contributed by atoms with E-state index in [-0.39, 0.29) is 30.2 Å². The number of aromatic nitrogens is 1. The Kier molecular flexibility index (Phi) is 5.75. The van der Waals surface area contributed by atoms with E-state index in [0.717, 1.165) is 6.42 Å². The van der Waals surface area contributed by atoms with Crippen molar-refractivity contribution in [3.05, 3.63) is 64.3 Å². The molecule has 1 atom stereocenters. The second kappa shape index (κ2) is 8.07. The molecule has 1 unspecified atom stereocenters. The second-order valence-corrected chi connectivity index (χ2v) is 7.24. The first-order chi connectivity index (χ1) is 13.3. The summed E-state index contributed by atoms with van der Waals surface area (Å²) in [6, 6.07) is 11.5. The standard InChI is InChI=1S/C22H22ClNO4/c1-4-13(2)28-21(26)12-18-14(3)24(20-9-8-17(25)11-19(18)20)22(27)15-6-5-7-16(23)10-15/h5-11,13,25H,4,12H2,1-3H3. The van der Waals surface area contributed by atoms with Crippen LogP contribution in [0.15, 0.2) is 42.5 Å². The lowest BCUT2D eigenvalue weighted by molar-refractivity contribution is -0.147. The zero-order valence-corrected chi connectivity index (χ0v) is 16.8. The van der Waals surface area contributed by atoms with Crippen LogP contribution in [0.5, 0.6) is 5.75 Å². The number of nitrogens with zero attached hydrogens (tertiary/aromatic N) is 1. The normalized spacial score (nSPS) is 12.1. The number of halogens is 1. The van der Waals surface area contributed by atoms with Crippen LogP contribution in [0.3, 0.4) is 0 Å². The summed E-state index contributed by atoms with van der Waals surface area (Å²) in [7, 11) is 0. The first-order valence-corrected chi connectivity index (χ1v) is 9.52. The number of carbonyl (C=O) groups excluding carboxylic acids is 2. The Morgan fingerprint density at radius 3 is 2.64 bits per heavy atom. The molecule has 2 aromatic carbocycles. The van der Waals surface area contributed by atoms with Gasteiger partial charge in [-0.1, -0.05) is 24.6 Å². The molecule has 0 fully saturated rings. The minimum absolute atomic E-state index is 0.0198. The van der Waals surface area contributed by atoms with Gasteiger partial charge < -0.3 is 9.84 Å². The van der Waals surface area contributed by atoms with E-state index < -0.39 is 0 Å². The molecular formula is C22H22ClNO4. The van der Waals surface area contributed by atoms with Crippen molar-refractivity contribution in [3.63, 3.8) is 0 Å². The van der Waals surface area contributed by atoms with Gasteiger partial charge in [-0.15, -0.1) is 0 Å². The molecule has 0 saturated heterocycles. The summed E-state index contributed by atoms with van der Waals surface area (Å²) in [5, 5.41) is 11.1. The maximum absolute atomic E-state index is 13.2. The number of benzene rings is 2. The van der Waals surface area contributed by atoms with Crippen molar-refractivity contribution in [1.82, 2.24) is 4.57 Å². The number of carbonyl (C=O) groups is 2. The number of ether oxygens (including phenoxy) is 1. The molecule has 6 heteroatoms. The van der Waals surface area contributed by atoms with Crippen molar-refractivity contribution >= 4 is 34.4 Å². The summed E-state index contributed by atoms with van der Waals surface area (Å²) < 4.78 is 6.94. The molecule has 3 rings (SSSR count). The average Bonchev–Trinajstić information content (AvgIpc) is 2.92. The monoisotopic (exact) mass is 399 g/mol. The summed E-state index contributed by atoms with van der Waals surface area (Å²) in [5.74, 6) is -0.552. The van der Waals surface area contributed by atoms with Crippen LogP contribution in [0.1, 0.15) is 41.9 Å². The highest BCUT2D eigenvalue weighted by Gasteiger charge is 2.23. The Morgan fingerprint density at radius 2 is 1.96 bits per heavy atom. The predicted octanol–water partition coefficient (Wildman–Crippen LogP) is 4.88. The molecular weight excluding hydrogens is 378 g/mol. The fraction of sp³-hybridized carbons (Fsp3) is 0.273. The molecule has 1 N–H and O–H groups in total. The number of esters is 1. The molecule has 0 bridgehead atoms. The quantitative estimate of drug-likeness (QED) is 0.621. The zero-order chi connectivity index (χ0) is 20.4. The van der Waals surface area contributed by atoms with Crippen LogP contribution < -0.4 is 0 Å². The number of phenols is 1. The maximum atomic E-state index is 13.2. The molecule has 0 saturated carbocycles. The van der Waals surface area contributed by atoms with Crippen molar-refractivity contribution in [2.24, 2.45) is 0 Å². The highest BCUT2D eigenvalue weighted by atomic mass is 35.5. The Morgan fingerprint density at radius 1 is 1.21 bits per heavy atom. The van der Waals surface area contributed by atoms with Gasteiger partial charge in [0.15, 0.2) is 0 Å². The van der Waals surface area contributed by atoms with Crippen molar-refractivity contribution in [2.45, 2.75) is 39.7 Å². The van der Waals surface area contributed by atoms with Crippen LogP contribution in [0, 0.1) is 6.92 Å². The number of hydrogen-bond donors (Lipinski definition) is 1. The fourth-order valence-electron chi connectivity index (χ4n) is 3.20. The summed E-state index contributed by atoms with van der Waals surface area (Å²) in [4.78, 5) is 25.5. The van der Waals surface area contributed by atoms with Gasteiger partial charge in [-0.2, -0.15) is 0 Å². The molecule has 1 aromatic heterocycles. The molecule has 0 aliphatic rings. The zero-order valence-electron chi connectivity index (χ0n) is 16.0. The number of aromatic hydroxyl groups is 1. The third kappa shape index (κ3) is 3.90. The lowest BCUT2D eigenvalue weighted by Gasteiger charge is -2.11. The molecule has 28 heavy (non-hydrogen) atoms. The van der Waals surface area contributed by atoms with Gasteiger partial charge in [-0.05, 0) is 62.2 Å². The van der Waals surface area contributed by atoms with E-state index in [4.69, 9.17) is 16.3 Å². The van der Waals surface area contributed by atoms with Gasteiger partial charge in [0.05, 0.1) is 18.0 Å². The van der Waals surface area contributed by atoms with E-state index in [1.54, 1.807) is 47.9 Å². The van der Waals surface area contributed by atoms with Crippen molar-refractivity contribution in [3.8, 4) is 5.75 Å². The maximum Gasteiger partial charge on any atom is 0.310 e. The third-order valence-corrected chi connectivity index (χ3v) is 5.06. The largest absolute Gasteiger partial charge is 0.508 e. The SMILES string of the molecule is CCC(C)OC(=O)Cc1c(C)n(C(=O)c2cccc(Cl)c2)c2ccc(O)cc12. The minimum Gasteiger partial charge on any atom is -0.508 e. The van der Waals surface area contributed by atoms with E-state index in [0.29, 0.717) is 32.7 Å². The lowest BCUT2D eigenvalue weighted by atomic mass is 10.1. The van der Waals surface area contributed by atoms with Crippen LogP contribution in [0.25, 0.3) is 10.9 Å². The molecule has 146 valence electrons. The Labute approximate surface area is 168 Å². The Balaban J connectivity index is 2.10. The molecule has 0 radical (unpaired) electrons. The molecule has 0 aliphatic carbocycles. The number of fused-ring (bicyclic) bond motifs is 1.